The van der Waals surface area contributed by atoms with E-state index in [9.17, 15) is 14.4 Å². The first kappa shape index (κ1) is 21.2. The van der Waals surface area contributed by atoms with Gasteiger partial charge in [0.25, 0.3) is 0 Å². The highest BCUT2D eigenvalue weighted by molar-refractivity contribution is 6.00. The molecule has 0 heterocycles. The second kappa shape index (κ2) is 9.69. The Labute approximate surface area is 165 Å². The summed E-state index contributed by atoms with van der Waals surface area (Å²) < 4.78 is 5.07. The fourth-order valence-electron chi connectivity index (χ4n) is 2.76. The van der Waals surface area contributed by atoms with Crippen LogP contribution in [0.4, 0.5) is 5.69 Å². The average Bonchev–Trinajstić information content (AvgIpc) is 2.68. The van der Waals surface area contributed by atoms with Gasteiger partial charge in [-0.05, 0) is 49.7 Å². The van der Waals surface area contributed by atoms with Crippen molar-refractivity contribution in [3.8, 4) is 5.75 Å². The van der Waals surface area contributed by atoms with Crippen LogP contribution in [0.25, 0.3) is 0 Å². The summed E-state index contributed by atoms with van der Waals surface area (Å²) in [5.74, 6) is 0.0786. The number of rotatable bonds is 8. The Bertz CT molecular complexity index is 859. The fourth-order valence-corrected chi connectivity index (χ4v) is 2.76. The number of ether oxygens (including phenoxy) is 1. The fraction of sp³-hybridized carbons (Fsp3) is 0.318. The van der Waals surface area contributed by atoms with Crippen molar-refractivity contribution in [3.63, 3.8) is 0 Å². The Morgan fingerprint density at radius 3 is 2.32 bits per heavy atom. The molecule has 0 fully saturated rings. The van der Waals surface area contributed by atoms with Gasteiger partial charge in [0.05, 0.1) is 13.7 Å². The van der Waals surface area contributed by atoms with E-state index in [-0.39, 0.29) is 37.0 Å². The van der Waals surface area contributed by atoms with Gasteiger partial charge in [0, 0.05) is 31.1 Å². The number of ketones is 1. The van der Waals surface area contributed by atoms with Gasteiger partial charge in [-0.3, -0.25) is 14.4 Å². The lowest BCUT2D eigenvalue weighted by Crippen LogP contribution is -2.35. The minimum Gasteiger partial charge on any atom is -0.497 e. The monoisotopic (exact) mass is 382 g/mol. The Morgan fingerprint density at radius 2 is 1.68 bits per heavy atom. The number of anilines is 1. The number of likely N-dealkylation sites (N-methyl/N-ethyl adjacent to an activating group) is 1. The Morgan fingerprint density at radius 1 is 1.00 bits per heavy atom. The van der Waals surface area contributed by atoms with Crippen molar-refractivity contribution in [3.05, 3.63) is 59.2 Å². The van der Waals surface area contributed by atoms with Crippen LogP contribution in [-0.4, -0.2) is 43.2 Å². The molecule has 0 unspecified atom stereocenters. The number of benzene rings is 2. The molecule has 0 saturated carbocycles. The molecule has 0 aliphatic carbocycles. The van der Waals surface area contributed by atoms with Gasteiger partial charge in [-0.25, -0.2) is 0 Å². The van der Waals surface area contributed by atoms with E-state index in [0.29, 0.717) is 17.0 Å². The molecule has 28 heavy (non-hydrogen) atoms. The zero-order valence-corrected chi connectivity index (χ0v) is 16.7. The molecule has 0 saturated heterocycles. The number of Topliss-reactive ketones (excluding diaryl/α,β-unsaturated/α-hetero) is 1. The summed E-state index contributed by atoms with van der Waals surface area (Å²) >= 11 is 0. The third-order valence-electron chi connectivity index (χ3n) is 4.44. The normalized spacial score (nSPS) is 10.3. The van der Waals surface area contributed by atoms with Crippen LogP contribution in [0.3, 0.4) is 0 Å². The second-order valence-corrected chi connectivity index (χ2v) is 6.77. The molecule has 148 valence electrons. The molecule has 6 heteroatoms. The van der Waals surface area contributed by atoms with Gasteiger partial charge in [-0.2, -0.15) is 0 Å². The molecule has 2 rings (SSSR count). The van der Waals surface area contributed by atoms with Crippen LogP contribution in [0.1, 0.15) is 34.3 Å². The number of carbonyl (C=O) groups excluding carboxylic acids is 3. The van der Waals surface area contributed by atoms with Crippen LogP contribution in [0.5, 0.6) is 5.75 Å². The van der Waals surface area contributed by atoms with Crippen molar-refractivity contribution in [2.24, 2.45) is 0 Å². The van der Waals surface area contributed by atoms with Crippen molar-refractivity contribution < 1.29 is 19.1 Å². The minimum absolute atomic E-state index is 0.0642. The van der Waals surface area contributed by atoms with Gasteiger partial charge in [0.15, 0.2) is 5.78 Å². The van der Waals surface area contributed by atoms with Crippen LogP contribution in [-0.2, 0) is 9.59 Å². The number of amides is 2. The van der Waals surface area contributed by atoms with Gasteiger partial charge >= 0.3 is 0 Å². The first-order chi connectivity index (χ1) is 13.3. The lowest BCUT2D eigenvalue weighted by molar-refractivity contribution is -0.133. The van der Waals surface area contributed by atoms with E-state index in [1.165, 1.54) is 4.90 Å². The lowest BCUT2D eigenvalue weighted by Gasteiger charge is -2.17. The van der Waals surface area contributed by atoms with Crippen molar-refractivity contribution in [1.82, 2.24) is 4.90 Å². The molecule has 0 aliphatic heterocycles. The molecule has 1 N–H and O–H groups in total. The number of nitrogens with one attached hydrogen (secondary N) is 1. The molecule has 0 radical (unpaired) electrons. The second-order valence-electron chi connectivity index (χ2n) is 6.77. The van der Waals surface area contributed by atoms with Crippen molar-refractivity contribution >= 4 is 23.3 Å². The molecular weight excluding hydrogens is 356 g/mol. The molecule has 0 bridgehead atoms. The lowest BCUT2D eigenvalue weighted by atomic mass is 9.99. The number of methoxy groups -OCH3 is 1. The molecule has 2 amide bonds. The van der Waals surface area contributed by atoms with E-state index >= 15 is 0 Å². The number of hydrogen-bond acceptors (Lipinski definition) is 4. The third-order valence-corrected chi connectivity index (χ3v) is 4.44. The standard InChI is InChI=1S/C22H26N2O4/c1-15-5-6-16(2)19(13-15)20(25)11-12-22(27)24(3)14-21(26)23-17-7-9-18(28-4)10-8-17/h5-10,13H,11-12,14H2,1-4H3,(H,23,26). The Balaban J connectivity index is 1.83. The maximum Gasteiger partial charge on any atom is 0.243 e. The minimum atomic E-state index is -0.304. The Kier molecular flexibility index (Phi) is 7.32. The van der Waals surface area contributed by atoms with Gasteiger partial charge in [0.1, 0.15) is 5.75 Å². The highest BCUT2D eigenvalue weighted by atomic mass is 16.5. The predicted octanol–water partition coefficient (Wildman–Crippen LogP) is 3.37. The average molecular weight is 382 g/mol. The zero-order valence-electron chi connectivity index (χ0n) is 16.7. The van der Waals surface area contributed by atoms with Gasteiger partial charge < -0.3 is 15.0 Å². The summed E-state index contributed by atoms with van der Waals surface area (Å²) in [6.45, 7) is 3.73. The van der Waals surface area contributed by atoms with Gasteiger partial charge in [-0.15, -0.1) is 0 Å². The molecule has 0 aliphatic rings. The van der Waals surface area contributed by atoms with Crippen LogP contribution in [0, 0.1) is 13.8 Å². The highest BCUT2D eigenvalue weighted by Gasteiger charge is 2.16. The van der Waals surface area contributed by atoms with Crippen molar-refractivity contribution in [2.75, 3.05) is 26.0 Å². The number of nitrogens with zero attached hydrogens (tertiary/aromatic N) is 1. The highest BCUT2D eigenvalue weighted by Crippen LogP contribution is 2.16. The summed E-state index contributed by atoms with van der Waals surface area (Å²) in [6.07, 6.45) is 0.187. The van der Waals surface area contributed by atoms with E-state index in [1.54, 1.807) is 38.4 Å². The van der Waals surface area contributed by atoms with Gasteiger partial charge in [0.2, 0.25) is 11.8 Å². The summed E-state index contributed by atoms with van der Waals surface area (Å²) in [7, 11) is 3.12. The van der Waals surface area contributed by atoms with Crippen LogP contribution >= 0.6 is 0 Å². The van der Waals surface area contributed by atoms with E-state index in [0.717, 1.165) is 11.1 Å². The van der Waals surface area contributed by atoms with E-state index in [2.05, 4.69) is 5.32 Å². The molecule has 0 atom stereocenters. The van der Waals surface area contributed by atoms with Gasteiger partial charge in [-0.1, -0.05) is 17.7 Å². The van der Waals surface area contributed by atoms with E-state index < -0.39 is 0 Å². The number of hydrogen-bond donors (Lipinski definition) is 1. The zero-order chi connectivity index (χ0) is 20.7. The van der Waals surface area contributed by atoms with E-state index in [1.807, 2.05) is 32.0 Å². The first-order valence-electron chi connectivity index (χ1n) is 9.08. The summed E-state index contributed by atoms with van der Waals surface area (Å²) in [5.41, 5.74) is 3.17. The largest absolute Gasteiger partial charge is 0.497 e. The SMILES string of the molecule is COc1ccc(NC(=O)CN(C)C(=O)CCC(=O)c2cc(C)ccc2C)cc1. The van der Waals surface area contributed by atoms with Crippen molar-refractivity contribution in [2.45, 2.75) is 26.7 Å². The summed E-state index contributed by atoms with van der Waals surface area (Å²) in [5, 5.41) is 2.73. The predicted molar refractivity (Wildman–Crippen MR) is 109 cm³/mol. The molecule has 2 aromatic carbocycles. The van der Waals surface area contributed by atoms with Crippen LogP contribution in [0.2, 0.25) is 0 Å². The maximum atomic E-state index is 12.4. The van der Waals surface area contributed by atoms with E-state index in [4.69, 9.17) is 4.74 Å². The first-order valence-corrected chi connectivity index (χ1v) is 9.08. The quantitative estimate of drug-likeness (QED) is 0.710. The van der Waals surface area contributed by atoms with Crippen molar-refractivity contribution in [1.29, 1.82) is 0 Å². The molecule has 0 spiro atoms. The summed E-state index contributed by atoms with van der Waals surface area (Å²) in [6, 6.07) is 12.6. The van der Waals surface area contributed by atoms with Crippen LogP contribution < -0.4 is 10.1 Å². The smallest absolute Gasteiger partial charge is 0.243 e. The number of aryl methyl sites for hydroxylation is 2. The topological polar surface area (TPSA) is 75.7 Å². The molecular formula is C22H26N2O4. The molecule has 0 aromatic heterocycles. The third kappa shape index (κ3) is 5.94. The maximum absolute atomic E-state index is 12.4. The Hall–Kier alpha value is -3.15. The molecule has 2 aromatic rings. The number of carbonyl (C=O) groups is 3. The van der Waals surface area contributed by atoms with Crippen LogP contribution in [0.15, 0.2) is 42.5 Å². The molecule has 6 nitrogen and oxygen atoms in total. The summed E-state index contributed by atoms with van der Waals surface area (Å²) in [4.78, 5) is 38.1.